The summed E-state index contributed by atoms with van der Waals surface area (Å²) in [5, 5.41) is 2.91. The summed E-state index contributed by atoms with van der Waals surface area (Å²) in [6.45, 7) is 5.79. The SMILES string of the molecule is COCC(=O)NC[C@@H]1CCC[C@]2(CCN(Cc3scnc3C)C2)O1. The minimum atomic E-state index is -0.0746. The maximum absolute atomic E-state index is 11.6. The molecule has 2 fully saturated rings. The van der Waals surface area contributed by atoms with Crippen molar-refractivity contribution in [1.29, 1.82) is 0 Å². The molecule has 2 aliphatic rings. The van der Waals surface area contributed by atoms with Gasteiger partial charge in [-0.15, -0.1) is 11.3 Å². The molecule has 1 spiro atoms. The summed E-state index contributed by atoms with van der Waals surface area (Å²) in [6.07, 6.45) is 4.49. The quantitative estimate of drug-likeness (QED) is 0.844. The highest BCUT2D eigenvalue weighted by Gasteiger charge is 2.43. The second kappa shape index (κ2) is 7.91. The number of hydrogen-bond acceptors (Lipinski definition) is 6. The number of rotatable bonds is 6. The molecule has 0 unspecified atom stereocenters. The van der Waals surface area contributed by atoms with Crippen LogP contribution in [-0.2, 0) is 20.8 Å². The molecule has 1 aromatic heterocycles. The van der Waals surface area contributed by atoms with Crippen LogP contribution in [0.5, 0.6) is 0 Å². The molecule has 0 saturated carbocycles. The Morgan fingerprint density at radius 1 is 1.58 bits per heavy atom. The molecule has 134 valence electrons. The Balaban J connectivity index is 1.50. The van der Waals surface area contributed by atoms with Crippen molar-refractivity contribution in [1.82, 2.24) is 15.2 Å². The van der Waals surface area contributed by atoms with Crippen molar-refractivity contribution in [3.63, 3.8) is 0 Å². The number of hydrogen-bond donors (Lipinski definition) is 1. The summed E-state index contributed by atoms with van der Waals surface area (Å²) >= 11 is 1.74. The summed E-state index contributed by atoms with van der Waals surface area (Å²) in [5.74, 6) is -0.0746. The number of likely N-dealkylation sites (tertiary alicyclic amines) is 1. The van der Waals surface area contributed by atoms with Crippen LogP contribution >= 0.6 is 11.3 Å². The van der Waals surface area contributed by atoms with Gasteiger partial charge in [-0.3, -0.25) is 9.69 Å². The number of ether oxygens (including phenoxy) is 2. The second-order valence-electron chi connectivity index (χ2n) is 6.87. The fourth-order valence-electron chi connectivity index (χ4n) is 3.72. The average Bonchev–Trinajstić information content (AvgIpc) is 3.13. The molecule has 0 aliphatic carbocycles. The molecule has 3 rings (SSSR count). The highest BCUT2D eigenvalue weighted by atomic mass is 32.1. The molecule has 6 nitrogen and oxygen atoms in total. The molecule has 2 atom stereocenters. The van der Waals surface area contributed by atoms with Gasteiger partial charge in [-0.25, -0.2) is 4.98 Å². The largest absolute Gasteiger partial charge is 0.375 e. The van der Waals surface area contributed by atoms with Gasteiger partial charge in [-0.05, 0) is 32.6 Å². The van der Waals surface area contributed by atoms with Crippen LogP contribution in [-0.4, -0.2) is 60.8 Å². The molecule has 2 saturated heterocycles. The van der Waals surface area contributed by atoms with Crippen LogP contribution in [0.4, 0.5) is 0 Å². The van der Waals surface area contributed by atoms with Gasteiger partial charge in [0.15, 0.2) is 0 Å². The first kappa shape index (κ1) is 17.8. The Kier molecular flexibility index (Phi) is 5.86. The number of methoxy groups -OCH3 is 1. The summed E-state index contributed by atoms with van der Waals surface area (Å²) in [7, 11) is 1.53. The monoisotopic (exact) mass is 353 g/mol. The predicted molar refractivity (Wildman–Crippen MR) is 93.1 cm³/mol. The number of nitrogens with zero attached hydrogens (tertiary/aromatic N) is 2. The van der Waals surface area contributed by atoms with E-state index >= 15 is 0 Å². The first-order valence-electron chi connectivity index (χ1n) is 8.65. The number of nitrogens with one attached hydrogen (secondary N) is 1. The lowest BCUT2D eigenvalue weighted by molar-refractivity contribution is -0.132. The number of aryl methyl sites for hydroxylation is 1. The third kappa shape index (κ3) is 4.33. The number of carbonyl (C=O) groups excluding carboxylic acids is 1. The number of aromatic nitrogens is 1. The van der Waals surface area contributed by atoms with E-state index in [0.717, 1.165) is 51.0 Å². The number of amides is 1. The third-order valence-corrected chi connectivity index (χ3v) is 5.90. The molecule has 7 heteroatoms. The molecule has 0 aromatic carbocycles. The molecule has 1 aromatic rings. The van der Waals surface area contributed by atoms with Crippen LogP contribution in [0, 0.1) is 6.92 Å². The van der Waals surface area contributed by atoms with E-state index in [2.05, 4.69) is 22.1 Å². The highest BCUT2D eigenvalue weighted by molar-refractivity contribution is 7.09. The third-order valence-electron chi connectivity index (χ3n) is 4.98. The van der Waals surface area contributed by atoms with Crippen molar-refractivity contribution in [2.24, 2.45) is 0 Å². The fourth-order valence-corrected chi connectivity index (χ4v) is 4.54. The van der Waals surface area contributed by atoms with Gasteiger partial charge in [0.2, 0.25) is 5.91 Å². The molecular weight excluding hydrogens is 326 g/mol. The summed E-state index contributed by atoms with van der Waals surface area (Å²) in [5.41, 5.74) is 3.03. The molecule has 2 aliphatic heterocycles. The van der Waals surface area contributed by atoms with E-state index in [0.29, 0.717) is 6.54 Å². The van der Waals surface area contributed by atoms with Gasteiger partial charge in [0, 0.05) is 38.2 Å². The van der Waals surface area contributed by atoms with Crippen molar-refractivity contribution in [3.05, 3.63) is 16.1 Å². The smallest absolute Gasteiger partial charge is 0.246 e. The standard InChI is InChI=1S/C17H27N3O3S/c1-13-15(24-12-19-13)9-20-7-6-17(11-20)5-3-4-14(23-17)8-18-16(21)10-22-2/h12,14H,3-11H2,1-2H3,(H,18,21)/t14-,17+/m0/s1. The van der Waals surface area contributed by atoms with Crippen LogP contribution < -0.4 is 5.32 Å². The van der Waals surface area contributed by atoms with Gasteiger partial charge in [0.25, 0.3) is 0 Å². The van der Waals surface area contributed by atoms with Crippen molar-refractivity contribution in [2.45, 2.75) is 50.9 Å². The van der Waals surface area contributed by atoms with Gasteiger partial charge >= 0.3 is 0 Å². The maximum atomic E-state index is 11.6. The maximum Gasteiger partial charge on any atom is 0.246 e. The Morgan fingerprint density at radius 2 is 2.46 bits per heavy atom. The van der Waals surface area contributed by atoms with Gasteiger partial charge in [-0.1, -0.05) is 0 Å². The van der Waals surface area contributed by atoms with E-state index in [1.807, 2.05) is 5.51 Å². The Labute approximate surface area is 147 Å². The van der Waals surface area contributed by atoms with E-state index in [9.17, 15) is 4.79 Å². The minimum Gasteiger partial charge on any atom is -0.375 e. The van der Waals surface area contributed by atoms with E-state index < -0.39 is 0 Å². The fraction of sp³-hybridized carbons (Fsp3) is 0.765. The average molecular weight is 353 g/mol. The van der Waals surface area contributed by atoms with Crippen molar-refractivity contribution in [2.75, 3.05) is 33.4 Å². The van der Waals surface area contributed by atoms with Crippen molar-refractivity contribution >= 4 is 17.2 Å². The number of thiazole rings is 1. The van der Waals surface area contributed by atoms with Crippen LogP contribution in [0.3, 0.4) is 0 Å². The first-order chi connectivity index (χ1) is 11.6. The summed E-state index contributed by atoms with van der Waals surface area (Å²) in [4.78, 5) is 19.7. The summed E-state index contributed by atoms with van der Waals surface area (Å²) in [6, 6.07) is 0. The van der Waals surface area contributed by atoms with Crippen LogP contribution in [0.25, 0.3) is 0 Å². The lowest BCUT2D eigenvalue weighted by Crippen LogP contribution is -2.47. The zero-order valence-corrected chi connectivity index (χ0v) is 15.4. The van der Waals surface area contributed by atoms with E-state index in [1.54, 1.807) is 11.3 Å². The topological polar surface area (TPSA) is 63.7 Å². The molecule has 0 radical (unpaired) electrons. The Morgan fingerprint density at radius 3 is 3.21 bits per heavy atom. The van der Waals surface area contributed by atoms with Crippen LogP contribution in [0.2, 0.25) is 0 Å². The molecule has 1 amide bonds. The zero-order valence-electron chi connectivity index (χ0n) is 14.5. The molecular formula is C17H27N3O3S. The molecule has 0 bridgehead atoms. The highest BCUT2D eigenvalue weighted by Crippen LogP contribution is 2.37. The lowest BCUT2D eigenvalue weighted by Gasteiger charge is -2.39. The van der Waals surface area contributed by atoms with Gasteiger partial charge in [0.05, 0.1) is 22.9 Å². The Bertz CT molecular complexity index is 565. The Hall–Kier alpha value is -1.02. The van der Waals surface area contributed by atoms with Gasteiger partial charge in [0.1, 0.15) is 6.61 Å². The second-order valence-corrected chi connectivity index (χ2v) is 7.81. The van der Waals surface area contributed by atoms with Crippen molar-refractivity contribution in [3.8, 4) is 0 Å². The predicted octanol–water partition coefficient (Wildman–Crippen LogP) is 1.73. The summed E-state index contributed by atoms with van der Waals surface area (Å²) < 4.78 is 11.3. The zero-order chi connectivity index (χ0) is 17.0. The molecule has 24 heavy (non-hydrogen) atoms. The van der Waals surface area contributed by atoms with E-state index in [1.165, 1.54) is 12.0 Å². The first-order valence-corrected chi connectivity index (χ1v) is 9.53. The normalized spacial score (nSPS) is 27.7. The van der Waals surface area contributed by atoms with Gasteiger partial charge in [-0.2, -0.15) is 0 Å². The van der Waals surface area contributed by atoms with Crippen molar-refractivity contribution < 1.29 is 14.3 Å². The molecule has 1 N–H and O–H groups in total. The van der Waals surface area contributed by atoms with Crippen LogP contribution in [0.15, 0.2) is 5.51 Å². The number of carbonyl (C=O) groups is 1. The van der Waals surface area contributed by atoms with Gasteiger partial charge < -0.3 is 14.8 Å². The van der Waals surface area contributed by atoms with E-state index in [-0.39, 0.29) is 24.2 Å². The lowest BCUT2D eigenvalue weighted by atomic mass is 9.90. The van der Waals surface area contributed by atoms with E-state index in [4.69, 9.17) is 9.47 Å². The minimum absolute atomic E-state index is 0.0342. The van der Waals surface area contributed by atoms with Crippen LogP contribution in [0.1, 0.15) is 36.3 Å². The molecule has 3 heterocycles.